The van der Waals surface area contributed by atoms with Gasteiger partial charge in [-0.3, -0.25) is 9.59 Å². The summed E-state index contributed by atoms with van der Waals surface area (Å²) in [5.74, 6) is 0.222. The number of ether oxygens (including phenoxy) is 1. The van der Waals surface area contributed by atoms with Crippen molar-refractivity contribution in [3.63, 3.8) is 0 Å². The Morgan fingerprint density at radius 2 is 1.64 bits per heavy atom. The lowest BCUT2D eigenvalue weighted by atomic mass is 10.1. The predicted molar refractivity (Wildman–Crippen MR) is 108 cm³/mol. The minimum Gasteiger partial charge on any atom is -0.495 e. The summed E-state index contributed by atoms with van der Waals surface area (Å²) in [4.78, 5) is 30.4. The Labute approximate surface area is 169 Å². The van der Waals surface area contributed by atoms with Crippen LogP contribution in [-0.4, -0.2) is 51.1 Å². The van der Waals surface area contributed by atoms with Crippen LogP contribution in [-0.2, 0) is 9.59 Å². The maximum absolute atomic E-state index is 13.1. The van der Waals surface area contributed by atoms with E-state index in [0.29, 0.717) is 11.4 Å². The molecule has 0 aromatic heterocycles. The summed E-state index contributed by atoms with van der Waals surface area (Å²) in [5.41, 5.74) is 1.55. The third-order valence-electron chi connectivity index (χ3n) is 5.56. The number of hydrogen-bond acceptors (Lipinski definition) is 4. The van der Waals surface area contributed by atoms with E-state index in [-0.39, 0.29) is 24.3 Å². The zero-order valence-electron chi connectivity index (χ0n) is 15.7. The Morgan fingerprint density at radius 3 is 2.32 bits per heavy atom. The van der Waals surface area contributed by atoms with Gasteiger partial charge < -0.3 is 14.5 Å². The number of carbonyl (C=O) groups excluding carboxylic acids is 2. The average Bonchev–Trinajstić information content (AvgIpc) is 3.02. The van der Waals surface area contributed by atoms with Crippen molar-refractivity contribution in [2.45, 2.75) is 12.5 Å². The van der Waals surface area contributed by atoms with E-state index >= 15 is 0 Å². The molecule has 2 fully saturated rings. The van der Waals surface area contributed by atoms with Crippen molar-refractivity contribution in [2.24, 2.45) is 0 Å². The van der Waals surface area contributed by atoms with Gasteiger partial charge in [0.25, 0.3) is 5.91 Å². The Bertz CT molecular complexity index is 896. The molecule has 2 aromatic carbocycles. The van der Waals surface area contributed by atoms with Crippen LogP contribution in [0.5, 0.6) is 5.75 Å². The highest BCUT2D eigenvalue weighted by Gasteiger charge is 2.47. The molecule has 0 unspecified atom stereocenters. The molecule has 0 saturated carbocycles. The first kappa shape index (κ1) is 18.8. The molecule has 0 aliphatic carbocycles. The Morgan fingerprint density at radius 1 is 1.00 bits per heavy atom. The van der Waals surface area contributed by atoms with Crippen molar-refractivity contribution in [2.75, 3.05) is 43.1 Å². The fraction of sp³-hybridized carbons (Fsp3) is 0.333. The first-order valence-electron chi connectivity index (χ1n) is 9.44. The van der Waals surface area contributed by atoms with E-state index in [0.717, 1.165) is 41.8 Å². The van der Waals surface area contributed by atoms with Crippen LogP contribution in [0.1, 0.15) is 6.42 Å². The summed E-state index contributed by atoms with van der Waals surface area (Å²) in [6, 6.07) is 14.6. The lowest BCUT2D eigenvalue weighted by Gasteiger charge is -2.36. The molecule has 2 amide bonds. The van der Waals surface area contributed by atoms with Crippen molar-refractivity contribution in [1.29, 1.82) is 0 Å². The minimum atomic E-state index is -0.342. The van der Waals surface area contributed by atoms with Gasteiger partial charge in [0.2, 0.25) is 5.91 Å². The van der Waals surface area contributed by atoms with Gasteiger partial charge in [-0.05, 0) is 24.3 Å². The van der Waals surface area contributed by atoms with Gasteiger partial charge in [-0.25, -0.2) is 4.90 Å². The summed E-state index contributed by atoms with van der Waals surface area (Å²) in [7, 11) is 1.54. The molecule has 146 valence electrons. The monoisotopic (exact) mass is 400 g/mol. The largest absolute Gasteiger partial charge is 0.495 e. The van der Waals surface area contributed by atoms with Gasteiger partial charge >= 0.3 is 0 Å². The third-order valence-corrected chi connectivity index (χ3v) is 5.88. The zero-order chi connectivity index (χ0) is 19.7. The molecule has 0 bridgehead atoms. The molecule has 6 nitrogen and oxygen atoms in total. The highest BCUT2D eigenvalue weighted by atomic mass is 35.5. The quantitative estimate of drug-likeness (QED) is 0.788. The maximum Gasteiger partial charge on any atom is 0.292 e. The smallest absolute Gasteiger partial charge is 0.292 e. The van der Waals surface area contributed by atoms with Crippen molar-refractivity contribution >= 4 is 34.8 Å². The average molecular weight is 401 g/mol. The molecule has 0 radical (unpaired) electrons. The first-order chi connectivity index (χ1) is 13.6. The number of quaternary nitrogens is 1. The summed E-state index contributed by atoms with van der Waals surface area (Å²) in [5, 5.41) is 0.736. The van der Waals surface area contributed by atoms with Crippen LogP contribution >= 0.6 is 11.6 Å². The van der Waals surface area contributed by atoms with Gasteiger partial charge in [0.05, 0.1) is 56.1 Å². The van der Waals surface area contributed by atoms with Crippen LogP contribution in [0.4, 0.5) is 11.4 Å². The zero-order valence-corrected chi connectivity index (χ0v) is 16.5. The van der Waals surface area contributed by atoms with E-state index in [1.54, 1.807) is 25.3 Å². The summed E-state index contributed by atoms with van der Waals surface area (Å²) in [6.45, 7) is 3.17. The number of rotatable bonds is 4. The molecule has 2 heterocycles. The normalized spacial score (nSPS) is 20.7. The summed E-state index contributed by atoms with van der Waals surface area (Å²) >= 11 is 6.31. The van der Waals surface area contributed by atoms with E-state index in [4.69, 9.17) is 16.3 Å². The molecule has 4 rings (SSSR count). The number of anilines is 2. The van der Waals surface area contributed by atoms with Gasteiger partial charge in [-0.1, -0.05) is 35.9 Å². The SMILES string of the molecule is COc1ccccc1N1C(=O)C[C@H]([NH+]2CCN(c3ccccc3Cl)CC2)C1=O. The van der Waals surface area contributed by atoms with Gasteiger partial charge in [0.1, 0.15) is 5.75 Å². The lowest BCUT2D eigenvalue weighted by Crippen LogP contribution is -3.19. The fourth-order valence-corrected chi connectivity index (χ4v) is 4.37. The Balaban J connectivity index is 1.47. The number of carbonyl (C=O) groups is 2. The third kappa shape index (κ3) is 3.34. The molecular formula is C21H23ClN3O3+. The van der Waals surface area contributed by atoms with E-state index < -0.39 is 0 Å². The fourth-order valence-electron chi connectivity index (χ4n) is 4.11. The second-order valence-electron chi connectivity index (χ2n) is 7.09. The van der Waals surface area contributed by atoms with E-state index in [1.165, 1.54) is 4.90 Å². The lowest BCUT2D eigenvalue weighted by molar-refractivity contribution is -0.915. The number of hydrogen-bond donors (Lipinski definition) is 1. The van der Waals surface area contributed by atoms with Crippen LogP contribution in [0.3, 0.4) is 0 Å². The molecule has 7 heteroatoms. The van der Waals surface area contributed by atoms with Gasteiger partial charge in [-0.2, -0.15) is 0 Å². The van der Waals surface area contributed by atoms with Crippen molar-refractivity contribution in [3.05, 3.63) is 53.6 Å². The van der Waals surface area contributed by atoms with Crippen LogP contribution < -0.4 is 19.4 Å². The topological polar surface area (TPSA) is 54.3 Å². The van der Waals surface area contributed by atoms with Gasteiger partial charge in [0, 0.05) is 0 Å². The van der Waals surface area contributed by atoms with Crippen LogP contribution in [0.15, 0.2) is 48.5 Å². The van der Waals surface area contributed by atoms with Crippen LogP contribution in [0.2, 0.25) is 5.02 Å². The van der Waals surface area contributed by atoms with Gasteiger partial charge in [-0.15, -0.1) is 0 Å². The predicted octanol–water partition coefficient (Wildman–Crippen LogP) is 1.39. The van der Waals surface area contributed by atoms with E-state index in [9.17, 15) is 9.59 Å². The van der Waals surface area contributed by atoms with Crippen LogP contribution in [0, 0.1) is 0 Å². The summed E-state index contributed by atoms with van der Waals surface area (Å²) in [6.07, 6.45) is 0.234. The molecule has 1 N–H and O–H groups in total. The number of para-hydroxylation sites is 3. The number of piperazine rings is 1. The van der Waals surface area contributed by atoms with Crippen LogP contribution in [0.25, 0.3) is 0 Å². The van der Waals surface area contributed by atoms with Crippen molar-refractivity contribution in [3.8, 4) is 5.75 Å². The number of nitrogens with one attached hydrogen (secondary N) is 1. The molecule has 2 aliphatic rings. The van der Waals surface area contributed by atoms with Crippen molar-refractivity contribution < 1.29 is 19.2 Å². The Hall–Kier alpha value is -2.57. The molecule has 28 heavy (non-hydrogen) atoms. The molecule has 2 aromatic rings. The Kier molecular flexibility index (Phi) is 5.24. The number of methoxy groups -OCH3 is 1. The standard InChI is InChI=1S/C21H22ClN3O3/c1-28-19-9-5-4-8-17(19)25-20(26)14-18(21(25)27)24-12-10-23(11-13-24)16-7-3-2-6-15(16)22/h2-9,18H,10-14H2,1H3/p+1/t18-/m0/s1. The molecule has 0 spiro atoms. The first-order valence-corrected chi connectivity index (χ1v) is 9.82. The van der Waals surface area contributed by atoms with Gasteiger partial charge in [0.15, 0.2) is 6.04 Å². The molecule has 2 aliphatic heterocycles. The molecular weight excluding hydrogens is 378 g/mol. The highest BCUT2D eigenvalue weighted by Crippen LogP contribution is 2.31. The highest BCUT2D eigenvalue weighted by molar-refractivity contribution is 6.33. The number of halogens is 1. The second kappa shape index (κ2) is 7.81. The molecule has 1 atom stereocenters. The second-order valence-corrected chi connectivity index (χ2v) is 7.50. The minimum absolute atomic E-state index is 0.143. The van der Waals surface area contributed by atoms with E-state index in [1.807, 2.05) is 30.3 Å². The number of nitrogens with zero attached hydrogens (tertiary/aromatic N) is 2. The number of benzene rings is 2. The number of amides is 2. The summed E-state index contributed by atoms with van der Waals surface area (Å²) < 4.78 is 5.34. The maximum atomic E-state index is 13.1. The molecule has 2 saturated heterocycles. The van der Waals surface area contributed by atoms with E-state index in [2.05, 4.69) is 4.90 Å². The number of imide groups is 1. The van der Waals surface area contributed by atoms with Crippen molar-refractivity contribution in [1.82, 2.24) is 0 Å².